The van der Waals surface area contributed by atoms with Crippen molar-refractivity contribution in [1.29, 1.82) is 0 Å². The summed E-state index contributed by atoms with van der Waals surface area (Å²) in [6, 6.07) is 5.39. The lowest BCUT2D eigenvalue weighted by atomic mass is 9.97. The number of urea groups is 1. The number of halogens is 1. The summed E-state index contributed by atoms with van der Waals surface area (Å²) < 4.78 is 15.0. The van der Waals surface area contributed by atoms with E-state index in [1.807, 2.05) is 25.8 Å². The Kier molecular flexibility index (Phi) is 6.51. The van der Waals surface area contributed by atoms with Crippen LogP contribution in [-0.2, 0) is 18.3 Å². The van der Waals surface area contributed by atoms with Gasteiger partial charge in [0.1, 0.15) is 5.82 Å². The zero-order valence-corrected chi connectivity index (χ0v) is 17.2. The summed E-state index contributed by atoms with van der Waals surface area (Å²) in [5, 5.41) is 9.83. The first-order valence-corrected chi connectivity index (χ1v) is 9.90. The lowest BCUT2D eigenvalue weighted by Crippen LogP contribution is -2.44. The number of amides is 3. The number of piperidine rings is 1. The zero-order chi connectivity index (χ0) is 21.0. The van der Waals surface area contributed by atoms with Crippen LogP contribution in [0.15, 0.2) is 24.3 Å². The molecular formula is C21H28FN5O2. The molecule has 1 unspecified atom stereocenters. The van der Waals surface area contributed by atoms with Crippen molar-refractivity contribution in [2.24, 2.45) is 13.0 Å². The molecule has 1 atom stereocenters. The minimum atomic E-state index is -0.400. The number of nitrogens with one attached hydrogen (secondary N) is 2. The summed E-state index contributed by atoms with van der Waals surface area (Å²) in [6.45, 7) is 5.73. The Balaban J connectivity index is 1.49. The van der Waals surface area contributed by atoms with Crippen molar-refractivity contribution in [2.45, 2.75) is 33.1 Å². The number of rotatable bonds is 5. The highest BCUT2D eigenvalue weighted by Gasteiger charge is 2.25. The molecule has 0 saturated carbocycles. The topological polar surface area (TPSA) is 79.3 Å². The van der Waals surface area contributed by atoms with E-state index in [0.29, 0.717) is 25.2 Å². The van der Waals surface area contributed by atoms with Crippen LogP contribution in [0.25, 0.3) is 0 Å². The number of hydrogen-bond donors (Lipinski definition) is 2. The van der Waals surface area contributed by atoms with Gasteiger partial charge >= 0.3 is 6.03 Å². The second-order valence-electron chi connectivity index (χ2n) is 7.64. The predicted molar refractivity (Wildman–Crippen MR) is 109 cm³/mol. The van der Waals surface area contributed by atoms with E-state index >= 15 is 0 Å². The molecule has 3 rings (SSSR count). The normalized spacial score (nSPS) is 16.6. The highest BCUT2D eigenvalue weighted by Crippen LogP contribution is 2.19. The van der Waals surface area contributed by atoms with Gasteiger partial charge in [-0.05, 0) is 50.8 Å². The molecule has 1 fully saturated rings. The zero-order valence-electron chi connectivity index (χ0n) is 17.2. The molecule has 2 N–H and O–H groups in total. The van der Waals surface area contributed by atoms with E-state index < -0.39 is 5.82 Å². The van der Waals surface area contributed by atoms with Crippen LogP contribution in [0.2, 0.25) is 0 Å². The molecule has 2 aromatic rings. The third kappa shape index (κ3) is 5.34. The summed E-state index contributed by atoms with van der Waals surface area (Å²) >= 11 is 0. The maximum atomic E-state index is 13.2. The van der Waals surface area contributed by atoms with Crippen LogP contribution in [0.3, 0.4) is 0 Å². The van der Waals surface area contributed by atoms with Gasteiger partial charge in [0.2, 0.25) is 5.91 Å². The first-order chi connectivity index (χ1) is 13.8. The first-order valence-electron chi connectivity index (χ1n) is 9.90. The average molecular weight is 401 g/mol. The van der Waals surface area contributed by atoms with E-state index in [9.17, 15) is 14.0 Å². The largest absolute Gasteiger partial charge is 0.342 e. The van der Waals surface area contributed by atoms with Gasteiger partial charge in [-0.1, -0.05) is 6.07 Å². The van der Waals surface area contributed by atoms with Gasteiger partial charge in [-0.15, -0.1) is 0 Å². The van der Waals surface area contributed by atoms with Gasteiger partial charge in [-0.2, -0.15) is 5.10 Å². The summed E-state index contributed by atoms with van der Waals surface area (Å²) in [6.07, 6.45) is 2.22. The third-order valence-electron chi connectivity index (χ3n) is 5.49. The maximum Gasteiger partial charge on any atom is 0.319 e. The number of hydrogen-bond acceptors (Lipinski definition) is 3. The fourth-order valence-electron chi connectivity index (χ4n) is 3.77. The van der Waals surface area contributed by atoms with E-state index in [4.69, 9.17) is 0 Å². The van der Waals surface area contributed by atoms with Crippen molar-refractivity contribution in [1.82, 2.24) is 20.0 Å². The molecule has 0 aliphatic carbocycles. The molecular weight excluding hydrogens is 373 g/mol. The van der Waals surface area contributed by atoms with Crippen LogP contribution in [-0.4, -0.2) is 46.3 Å². The van der Waals surface area contributed by atoms with Crippen molar-refractivity contribution in [3.63, 3.8) is 0 Å². The molecule has 8 heteroatoms. The van der Waals surface area contributed by atoms with Crippen molar-refractivity contribution in [3.8, 4) is 0 Å². The molecule has 0 bridgehead atoms. The molecule has 3 amide bonds. The number of likely N-dealkylation sites (tertiary alicyclic amines) is 1. The number of nitrogens with zero attached hydrogens (tertiary/aromatic N) is 3. The van der Waals surface area contributed by atoms with Crippen molar-refractivity contribution in [2.75, 3.05) is 25.0 Å². The minimum Gasteiger partial charge on any atom is -0.342 e. The Bertz CT molecular complexity index is 895. The number of carbonyl (C=O) groups is 2. The summed E-state index contributed by atoms with van der Waals surface area (Å²) in [5.41, 5.74) is 3.31. The highest BCUT2D eigenvalue weighted by atomic mass is 19.1. The molecule has 29 heavy (non-hydrogen) atoms. The van der Waals surface area contributed by atoms with Crippen LogP contribution in [0.4, 0.5) is 14.9 Å². The molecule has 2 heterocycles. The lowest BCUT2D eigenvalue weighted by molar-refractivity contribution is -0.132. The Morgan fingerprint density at radius 3 is 2.79 bits per heavy atom. The number of anilines is 1. The summed E-state index contributed by atoms with van der Waals surface area (Å²) in [7, 11) is 1.88. The number of aryl methyl sites for hydroxylation is 2. The Labute approximate surface area is 170 Å². The van der Waals surface area contributed by atoms with Crippen molar-refractivity contribution >= 4 is 17.6 Å². The second-order valence-corrected chi connectivity index (χ2v) is 7.64. The summed E-state index contributed by atoms with van der Waals surface area (Å²) in [5.74, 6) is -0.108. The second kappa shape index (κ2) is 9.07. The van der Waals surface area contributed by atoms with Crippen LogP contribution in [0, 0.1) is 25.6 Å². The van der Waals surface area contributed by atoms with E-state index in [2.05, 4.69) is 15.7 Å². The molecule has 0 spiro atoms. The lowest BCUT2D eigenvalue weighted by Gasteiger charge is -2.33. The van der Waals surface area contributed by atoms with Crippen LogP contribution < -0.4 is 10.6 Å². The van der Waals surface area contributed by atoms with Gasteiger partial charge in [0, 0.05) is 43.6 Å². The van der Waals surface area contributed by atoms with E-state index in [-0.39, 0.29) is 17.9 Å². The molecule has 1 aromatic heterocycles. The van der Waals surface area contributed by atoms with E-state index in [0.717, 1.165) is 36.3 Å². The Hall–Kier alpha value is -2.90. The van der Waals surface area contributed by atoms with Gasteiger partial charge in [0.05, 0.1) is 12.1 Å². The Morgan fingerprint density at radius 1 is 1.31 bits per heavy atom. The predicted octanol–water partition coefficient (Wildman–Crippen LogP) is 2.78. The van der Waals surface area contributed by atoms with Crippen LogP contribution in [0.1, 0.15) is 29.8 Å². The standard InChI is InChI=1S/C21H28FN5O2/c1-14-19(15(2)26(3)25-14)11-20(28)27-9-5-6-16(13-27)12-23-21(29)24-18-8-4-7-17(22)10-18/h4,7-8,10,16H,5-6,9,11-13H2,1-3H3,(H2,23,24,29). The van der Waals surface area contributed by atoms with Gasteiger partial charge < -0.3 is 15.5 Å². The van der Waals surface area contributed by atoms with Gasteiger partial charge in [0.15, 0.2) is 0 Å². The first kappa shape index (κ1) is 20.8. The molecule has 1 saturated heterocycles. The molecule has 1 aliphatic rings. The highest BCUT2D eigenvalue weighted by molar-refractivity contribution is 5.89. The number of aromatic nitrogens is 2. The van der Waals surface area contributed by atoms with Gasteiger partial charge in [-0.3, -0.25) is 9.48 Å². The molecule has 7 nitrogen and oxygen atoms in total. The van der Waals surface area contributed by atoms with Gasteiger partial charge in [-0.25, -0.2) is 9.18 Å². The van der Waals surface area contributed by atoms with Crippen molar-refractivity contribution < 1.29 is 14.0 Å². The molecule has 156 valence electrons. The van der Waals surface area contributed by atoms with E-state index in [1.54, 1.807) is 16.8 Å². The average Bonchev–Trinajstić information content (AvgIpc) is 2.92. The monoisotopic (exact) mass is 401 g/mol. The fourth-order valence-corrected chi connectivity index (χ4v) is 3.77. The number of benzene rings is 1. The summed E-state index contributed by atoms with van der Waals surface area (Å²) in [4.78, 5) is 26.7. The van der Waals surface area contributed by atoms with Gasteiger partial charge in [0.25, 0.3) is 0 Å². The Morgan fingerprint density at radius 2 is 2.10 bits per heavy atom. The minimum absolute atomic E-state index is 0.0955. The van der Waals surface area contributed by atoms with E-state index in [1.165, 1.54) is 12.1 Å². The molecule has 1 aliphatic heterocycles. The quantitative estimate of drug-likeness (QED) is 0.809. The molecule has 0 radical (unpaired) electrons. The van der Waals surface area contributed by atoms with Crippen LogP contribution in [0.5, 0.6) is 0 Å². The van der Waals surface area contributed by atoms with Crippen LogP contribution >= 0.6 is 0 Å². The fraction of sp³-hybridized carbons (Fsp3) is 0.476. The molecule has 1 aromatic carbocycles. The smallest absolute Gasteiger partial charge is 0.319 e. The SMILES string of the molecule is Cc1nn(C)c(C)c1CC(=O)N1CCCC(CNC(=O)Nc2cccc(F)c2)C1. The third-order valence-corrected chi connectivity index (χ3v) is 5.49. The van der Waals surface area contributed by atoms with Crippen molar-refractivity contribution in [3.05, 3.63) is 47.0 Å². The maximum absolute atomic E-state index is 13.2. The number of carbonyl (C=O) groups excluding carboxylic acids is 2.